The van der Waals surface area contributed by atoms with Crippen LogP contribution in [0.2, 0.25) is 10.0 Å². The first-order valence-corrected chi connectivity index (χ1v) is 7.88. The number of nitrogens with zero attached hydrogens (tertiary/aromatic N) is 1. The molecule has 1 atom stereocenters. The summed E-state index contributed by atoms with van der Waals surface area (Å²) in [5, 5.41) is 13.2. The second-order valence-electron chi connectivity index (χ2n) is 5.44. The summed E-state index contributed by atoms with van der Waals surface area (Å²) in [6.45, 7) is 2.30. The Hall–Kier alpha value is -0.970. The molecule has 0 aromatic heterocycles. The van der Waals surface area contributed by atoms with Gasteiger partial charge in [-0.05, 0) is 43.9 Å². The molecule has 1 aliphatic rings. The standard InChI is InChI=1S/C15H20Cl2N2O2/c1-10(8-11-2-3-12(16)9-14(11)17)18-15(21)19(6-7-20)13-4-5-13/h2-3,9-10,13,20H,4-8H2,1H3,(H,18,21). The van der Waals surface area contributed by atoms with E-state index in [1.807, 2.05) is 13.0 Å². The first kappa shape index (κ1) is 16.4. The van der Waals surface area contributed by atoms with Crippen LogP contribution in [-0.2, 0) is 6.42 Å². The van der Waals surface area contributed by atoms with Crippen LogP contribution in [0.15, 0.2) is 18.2 Å². The average molecular weight is 331 g/mol. The van der Waals surface area contributed by atoms with Gasteiger partial charge in [0.05, 0.1) is 6.61 Å². The summed E-state index contributed by atoms with van der Waals surface area (Å²) in [5.41, 5.74) is 0.953. The molecule has 0 heterocycles. The zero-order chi connectivity index (χ0) is 15.4. The Morgan fingerprint density at radius 2 is 2.19 bits per heavy atom. The normalized spacial score (nSPS) is 15.6. The fraction of sp³-hybridized carbons (Fsp3) is 0.533. The van der Waals surface area contributed by atoms with Crippen LogP contribution in [0.3, 0.4) is 0 Å². The van der Waals surface area contributed by atoms with Gasteiger partial charge in [0.25, 0.3) is 0 Å². The van der Waals surface area contributed by atoms with E-state index < -0.39 is 0 Å². The molecule has 0 bridgehead atoms. The fourth-order valence-corrected chi connectivity index (χ4v) is 2.79. The summed E-state index contributed by atoms with van der Waals surface area (Å²) in [6, 6.07) is 5.48. The lowest BCUT2D eigenvalue weighted by molar-refractivity contribution is 0.171. The van der Waals surface area contributed by atoms with E-state index in [0.29, 0.717) is 23.0 Å². The number of rotatable bonds is 6. The van der Waals surface area contributed by atoms with Crippen LogP contribution in [0.25, 0.3) is 0 Å². The molecule has 0 radical (unpaired) electrons. The highest BCUT2D eigenvalue weighted by atomic mass is 35.5. The van der Waals surface area contributed by atoms with Gasteiger partial charge in [0, 0.05) is 28.7 Å². The average Bonchev–Trinajstić information content (AvgIpc) is 3.23. The van der Waals surface area contributed by atoms with Crippen molar-refractivity contribution < 1.29 is 9.90 Å². The molecular weight excluding hydrogens is 311 g/mol. The molecule has 1 fully saturated rings. The van der Waals surface area contributed by atoms with Crippen LogP contribution in [0.4, 0.5) is 4.79 Å². The Kier molecular flexibility index (Phi) is 5.73. The summed E-state index contributed by atoms with van der Waals surface area (Å²) in [5.74, 6) is 0. The second kappa shape index (κ2) is 7.34. The Bertz CT molecular complexity index is 506. The largest absolute Gasteiger partial charge is 0.395 e. The highest BCUT2D eigenvalue weighted by Gasteiger charge is 2.32. The van der Waals surface area contributed by atoms with Gasteiger partial charge < -0.3 is 15.3 Å². The molecule has 1 aromatic rings. The molecule has 4 nitrogen and oxygen atoms in total. The highest BCUT2D eigenvalue weighted by Crippen LogP contribution is 2.27. The minimum atomic E-state index is -0.121. The van der Waals surface area contributed by atoms with E-state index in [1.54, 1.807) is 17.0 Å². The monoisotopic (exact) mass is 330 g/mol. The Morgan fingerprint density at radius 1 is 1.48 bits per heavy atom. The van der Waals surface area contributed by atoms with Crippen molar-refractivity contribution in [1.82, 2.24) is 10.2 Å². The number of carbonyl (C=O) groups is 1. The molecule has 6 heteroatoms. The van der Waals surface area contributed by atoms with Crippen LogP contribution in [0.5, 0.6) is 0 Å². The van der Waals surface area contributed by atoms with Gasteiger partial charge in [-0.25, -0.2) is 4.79 Å². The molecule has 1 aromatic carbocycles. The van der Waals surface area contributed by atoms with Crippen molar-refractivity contribution in [2.45, 2.75) is 38.3 Å². The zero-order valence-electron chi connectivity index (χ0n) is 12.0. The number of benzene rings is 1. The van der Waals surface area contributed by atoms with E-state index in [2.05, 4.69) is 5.32 Å². The molecule has 2 amide bonds. The van der Waals surface area contributed by atoms with Crippen LogP contribution in [0.1, 0.15) is 25.3 Å². The van der Waals surface area contributed by atoms with E-state index in [4.69, 9.17) is 28.3 Å². The van der Waals surface area contributed by atoms with E-state index in [9.17, 15) is 4.79 Å². The van der Waals surface area contributed by atoms with Gasteiger partial charge in [-0.2, -0.15) is 0 Å². The molecule has 2 N–H and O–H groups in total. The quantitative estimate of drug-likeness (QED) is 0.842. The third kappa shape index (κ3) is 4.77. The minimum absolute atomic E-state index is 0.0126. The van der Waals surface area contributed by atoms with Crippen LogP contribution >= 0.6 is 23.2 Å². The lowest BCUT2D eigenvalue weighted by atomic mass is 10.1. The first-order valence-electron chi connectivity index (χ1n) is 7.13. The predicted molar refractivity (Wildman–Crippen MR) is 85.0 cm³/mol. The van der Waals surface area contributed by atoms with E-state index in [1.165, 1.54) is 0 Å². The van der Waals surface area contributed by atoms with Crippen molar-refractivity contribution >= 4 is 29.2 Å². The Labute approximate surface area is 135 Å². The maximum atomic E-state index is 12.2. The number of hydrogen-bond acceptors (Lipinski definition) is 2. The number of aliphatic hydroxyl groups is 1. The fourth-order valence-electron chi connectivity index (χ4n) is 2.31. The van der Waals surface area contributed by atoms with Crippen molar-refractivity contribution in [3.05, 3.63) is 33.8 Å². The summed E-state index contributed by atoms with van der Waals surface area (Å²) >= 11 is 12.0. The summed E-state index contributed by atoms with van der Waals surface area (Å²) in [7, 11) is 0. The number of amides is 2. The van der Waals surface area contributed by atoms with Crippen molar-refractivity contribution in [3.63, 3.8) is 0 Å². The second-order valence-corrected chi connectivity index (χ2v) is 6.28. The SMILES string of the molecule is CC(Cc1ccc(Cl)cc1Cl)NC(=O)N(CCO)C1CC1. The van der Waals surface area contributed by atoms with Crippen LogP contribution in [-0.4, -0.2) is 41.3 Å². The molecule has 0 aliphatic heterocycles. The van der Waals surface area contributed by atoms with Crippen molar-refractivity contribution in [2.75, 3.05) is 13.2 Å². The zero-order valence-corrected chi connectivity index (χ0v) is 13.5. The van der Waals surface area contributed by atoms with E-state index in [0.717, 1.165) is 18.4 Å². The minimum Gasteiger partial charge on any atom is -0.395 e. The molecule has 2 rings (SSSR count). The Morgan fingerprint density at radius 3 is 2.76 bits per heavy atom. The van der Waals surface area contributed by atoms with Crippen molar-refractivity contribution in [1.29, 1.82) is 0 Å². The number of carbonyl (C=O) groups excluding carboxylic acids is 1. The Balaban J connectivity index is 1.91. The van der Waals surface area contributed by atoms with Gasteiger partial charge in [0.2, 0.25) is 0 Å². The van der Waals surface area contributed by atoms with Gasteiger partial charge in [0.15, 0.2) is 0 Å². The number of hydrogen-bond donors (Lipinski definition) is 2. The number of aliphatic hydroxyl groups excluding tert-OH is 1. The van der Waals surface area contributed by atoms with Gasteiger partial charge in [0.1, 0.15) is 0 Å². The lowest BCUT2D eigenvalue weighted by Gasteiger charge is -2.24. The maximum Gasteiger partial charge on any atom is 0.317 e. The van der Waals surface area contributed by atoms with Gasteiger partial charge in [-0.1, -0.05) is 29.3 Å². The van der Waals surface area contributed by atoms with E-state index >= 15 is 0 Å². The third-order valence-corrected chi connectivity index (χ3v) is 4.09. The number of nitrogens with one attached hydrogen (secondary N) is 1. The molecule has 1 unspecified atom stereocenters. The van der Waals surface area contributed by atoms with Gasteiger partial charge in [-0.15, -0.1) is 0 Å². The molecule has 0 saturated heterocycles. The van der Waals surface area contributed by atoms with Crippen molar-refractivity contribution in [2.24, 2.45) is 0 Å². The van der Waals surface area contributed by atoms with Crippen LogP contribution in [0, 0.1) is 0 Å². The molecule has 1 saturated carbocycles. The predicted octanol–water partition coefficient (Wildman–Crippen LogP) is 3.09. The van der Waals surface area contributed by atoms with Gasteiger partial charge in [-0.3, -0.25) is 0 Å². The van der Waals surface area contributed by atoms with Crippen molar-refractivity contribution in [3.8, 4) is 0 Å². The molecular formula is C15H20Cl2N2O2. The summed E-state index contributed by atoms with van der Waals surface area (Å²) < 4.78 is 0. The van der Waals surface area contributed by atoms with Gasteiger partial charge >= 0.3 is 6.03 Å². The maximum absolute atomic E-state index is 12.2. The van der Waals surface area contributed by atoms with Crippen LogP contribution < -0.4 is 5.32 Å². The topological polar surface area (TPSA) is 52.6 Å². The lowest BCUT2D eigenvalue weighted by Crippen LogP contribution is -2.46. The number of halogens is 2. The highest BCUT2D eigenvalue weighted by molar-refractivity contribution is 6.35. The number of urea groups is 1. The summed E-state index contributed by atoms with van der Waals surface area (Å²) in [6.07, 6.45) is 2.68. The first-order chi connectivity index (χ1) is 10.0. The van der Waals surface area contributed by atoms with E-state index in [-0.39, 0.29) is 24.7 Å². The smallest absolute Gasteiger partial charge is 0.317 e. The summed E-state index contributed by atoms with van der Waals surface area (Å²) in [4.78, 5) is 13.9. The molecule has 0 spiro atoms. The molecule has 1 aliphatic carbocycles. The third-order valence-electron chi connectivity index (χ3n) is 3.50. The molecule has 21 heavy (non-hydrogen) atoms. The molecule has 116 valence electrons.